The number of hydrogen-bond donors (Lipinski definition) is 3. The summed E-state index contributed by atoms with van der Waals surface area (Å²) in [6, 6.07) is 21.9. The first-order valence-corrected chi connectivity index (χ1v) is 22.0. The average molecular weight is 866 g/mol. The number of nitrogens with one attached hydrogen (secondary N) is 3. The number of methoxy groups -OCH3 is 1. The molecule has 62 heavy (non-hydrogen) atoms. The van der Waals surface area contributed by atoms with Crippen LogP contribution in [0, 0.1) is 11.3 Å². The molecule has 1 saturated heterocycles. The zero-order chi connectivity index (χ0) is 45.4. The number of fused-ring (bicyclic) bond motifs is 1. The van der Waals surface area contributed by atoms with Crippen LogP contribution in [0.4, 0.5) is 4.79 Å². The summed E-state index contributed by atoms with van der Waals surface area (Å²) in [5.41, 5.74) is -0.0603. The number of ether oxygens (including phenoxy) is 3. The highest BCUT2D eigenvalue weighted by atomic mass is 32.2. The molecule has 3 aromatic carbocycles. The van der Waals surface area contributed by atoms with Crippen LogP contribution in [0.25, 0.3) is 22.2 Å². The van der Waals surface area contributed by atoms with Crippen LogP contribution in [0.2, 0.25) is 0 Å². The first-order chi connectivity index (χ1) is 29.0. The lowest BCUT2D eigenvalue weighted by Crippen LogP contribution is -2.60. The number of rotatable bonds is 12. The van der Waals surface area contributed by atoms with Crippen molar-refractivity contribution in [3.63, 3.8) is 0 Å². The standard InChI is InChI=1S/C48H59N5O8S/c1-12-30-27-48(30,43(56)52-62(58)34-21-18-31(19-22-34)45(2,3)4)51-41(54)38-25-33(28-53(38)42(55)40(46(5,6)7)50-44(57)61-47(8,9)10)60-39-26-36(29-16-14-13-15-17-29)49-37-24-32(59-11)20-23-35(37)39/h12-24,26,30,33,38,40H,1,25,27-28H2,2-11H3,(H,50,57)(H,51,54)(H,52,56)/t30?,33-,38+,40-,48?,62?/m1/s1. The van der Waals surface area contributed by atoms with Crippen molar-refractivity contribution in [2.45, 2.75) is 115 Å². The van der Waals surface area contributed by atoms with Crippen molar-refractivity contribution in [2.24, 2.45) is 11.3 Å². The third-order valence-corrected chi connectivity index (χ3v) is 12.2. The summed E-state index contributed by atoms with van der Waals surface area (Å²) >= 11 is 0. The van der Waals surface area contributed by atoms with E-state index in [1.165, 1.54) is 4.90 Å². The Kier molecular flexibility index (Phi) is 13.0. The van der Waals surface area contributed by atoms with Crippen LogP contribution in [0.1, 0.15) is 80.7 Å². The number of benzene rings is 3. The minimum absolute atomic E-state index is 0.0290. The maximum atomic E-state index is 14.8. The third kappa shape index (κ3) is 10.3. The van der Waals surface area contributed by atoms with E-state index in [9.17, 15) is 23.4 Å². The van der Waals surface area contributed by atoms with Crippen molar-refractivity contribution in [3.05, 3.63) is 97.1 Å². The molecule has 3 N–H and O–H groups in total. The quantitative estimate of drug-likeness (QED) is 0.123. The molecule has 4 amide bonds. The fourth-order valence-corrected chi connectivity index (χ4v) is 8.45. The minimum atomic E-state index is -1.93. The van der Waals surface area contributed by atoms with E-state index in [-0.39, 0.29) is 24.8 Å². The molecular formula is C48H59N5O8S. The van der Waals surface area contributed by atoms with Gasteiger partial charge < -0.3 is 29.7 Å². The predicted octanol–water partition coefficient (Wildman–Crippen LogP) is 7.40. The minimum Gasteiger partial charge on any atom is -0.497 e. The van der Waals surface area contributed by atoms with Crippen LogP contribution in [0.15, 0.2) is 96.4 Å². The number of carbonyl (C=O) groups is 4. The lowest BCUT2D eigenvalue weighted by atomic mass is 9.85. The number of amides is 4. The van der Waals surface area contributed by atoms with Crippen molar-refractivity contribution in [1.82, 2.24) is 25.2 Å². The first-order valence-electron chi connectivity index (χ1n) is 20.8. The zero-order valence-corrected chi connectivity index (χ0v) is 38.1. The number of nitrogens with zero attached hydrogens (tertiary/aromatic N) is 2. The average Bonchev–Trinajstić information content (AvgIpc) is 3.76. The highest BCUT2D eigenvalue weighted by Crippen LogP contribution is 2.45. The van der Waals surface area contributed by atoms with E-state index >= 15 is 0 Å². The highest BCUT2D eigenvalue weighted by molar-refractivity contribution is 7.83. The number of alkyl carbamates (subject to hydrolysis) is 1. The second-order valence-electron chi connectivity index (χ2n) is 19.2. The Balaban J connectivity index is 1.32. The molecule has 6 rings (SSSR count). The van der Waals surface area contributed by atoms with Crippen molar-refractivity contribution in [1.29, 1.82) is 0 Å². The fourth-order valence-electron chi connectivity index (χ4n) is 7.60. The SMILES string of the molecule is C=CC1CC1(NC(=O)[C@@H]1C[C@@H](Oc2cc(-c3ccccc3)nc3cc(OC)ccc23)CN1C(=O)[C@@H](NC(=O)OC(C)(C)C)C(C)(C)C)C(=O)NS(=O)c1ccc(C(C)(C)C)cc1. The summed E-state index contributed by atoms with van der Waals surface area (Å²) in [6.07, 6.45) is 0.349. The number of pyridine rings is 1. The Morgan fingerprint density at radius 1 is 0.935 bits per heavy atom. The second-order valence-corrected chi connectivity index (χ2v) is 20.4. The van der Waals surface area contributed by atoms with Gasteiger partial charge in [0.1, 0.15) is 40.8 Å². The molecule has 0 spiro atoms. The smallest absolute Gasteiger partial charge is 0.408 e. The summed E-state index contributed by atoms with van der Waals surface area (Å²) in [5.74, 6) is -1.14. The summed E-state index contributed by atoms with van der Waals surface area (Å²) in [5, 5.41) is 6.40. The zero-order valence-electron chi connectivity index (χ0n) is 37.3. The summed E-state index contributed by atoms with van der Waals surface area (Å²) < 4.78 is 33.9. The number of carbonyl (C=O) groups excluding carboxylic acids is 4. The van der Waals surface area contributed by atoms with Gasteiger partial charge in [0.25, 0.3) is 5.91 Å². The summed E-state index contributed by atoms with van der Waals surface area (Å²) in [6.45, 7) is 20.7. The highest BCUT2D eigenvalue weighted by Gasteiger charge is 2.61. The Morgan fingerprint density at radius 2 is 1.61 bits per heavy atom. The topological polar surface area (TPSA) is 165 Å². The second kappa shape index (κ2) is 17.5. The van der Waals surface area contributed by atoms with Gasteiger partial charge in [0.15, 0.2) is 11.0 Å². The molecule has 14 heteroatoms. The molecule has 1 aromatic heterocycles. The van der Waals surface area contributed by atoms with Crippen LogP contribution < -0.4 is 24.8 Å². The third-order valence-electron chi connectivity index (χ3n) is 11.1. The summed E-state index contributed by atoms with van der Waals surface area (Å²) in [7, 11) is -0.347. The number of aromatic nitrogens is 1. The molecular weight excluding hydrogens is 807 g/mol. The van der Waals surface area contributed by atoms with Gasteiger partial charge >= 0.3 is 6.09 Å². The van der Waals surface area contributed by atoms with Gasteiger partial charge in [0.2, 0.25) is 11.8 Å². The molecule has 1 aliphatic carbocycles. The van der Waals surface area contributed by atoms with E-state index in [0.717, 1.165) is 11.1 Å². The van der Waals surface area contributed by atoms with Crippen LogP contribution in [-0.4, -0.2) is 80.9 Å². The van der Waals surface area contributed by atoms with Crippen LogP contribution in [0.3, 0.4) is 0 Å². The van der Waals surface area contributed by atoms with Crippen molar-refractivity contribution in [2.75, 3.05) is 13.7 Å². The van der Waals surface area contributed by atoms with Crippen LogP contribution >= 0.6 is 0 Å². The molecule has 1 aliphatic heterocycles. The molecule has 3 unspecified atom stereocenters. The largest absolute Gasteiger partial charge is 0.497 e. The Bertz CT molecular complexity index is 2370. The van der Waals surface area contributed by atoms with Gasteiger partial charge in [-0.15, -0.1) is 6.58 Å². The maximum Gasteiger partial charge on any atom is 0.408 e. The molecule has 2 heterocycles. The van der Waals surface area contributed by atoms with E-state index in [1.54, 1.807) is 52.2 Å². The number of likely N-dealkylation sites (tertiary alicyclic amines) is 1. The normalized spacial score (nSPS) is 21.0. The molecule has 2 aliphatic rings. The maximum absolute atomic E-state index is 14.8. The van der Waals surface area contributed by atoms with Gasteiger partial charge in [-0.2, -0.15) is 0 Å². The molecule has 4 aromatic rings. The lowest BCUT2D eigenvalue weighted by Gasteiger charge is -2.36. The van der Waals surface area contributed by atoms with Gasteiger partial charge in [0.05, 0.1) is 29.8 Å². The van der Waals surface area contributed by atoms with Gasteiger partial charge in [-0.25, -0.2) is 14.0 Å². The predicted molar refractivity (Wildman–Crippen MR) is 240 cm³/mol. The number of hydrogen-bond acceptors (Lipinski definition) is 9. The van der Waals surface area contributed by atoms with E-state index < -0.39 is 75.5 Å². The molecule has 0 bridgehead atoms. The monoisotopic (exact) mass is 865 g/mol. The molecule has 6 atom stereocenters. The van der Waals surface area contributed by atoms with Crippen LogP contribution in [-0.2, 0) is 35.5 Å². The Morgan fingerprint density at radius 3 is 2.19 bits per heavy atom. The Hall–Kier alpha value is -5.76. The summed E-state index contributed by atoms with van der Waals surface area (Å²) in [4.78, 5) is 63.4. The first kappa shape index (κ1) is 45.8. The molecule has 0 radical (unpaired) electrons. The van der Waals surface area contributed by atoms with Crippen molar-refractivity contribution < 1.29 is 37.6 Å². The molecule has 2 fully saturated rings. The fraction of sp³-hybridized carbons (Fsp3) is 0.438. The van der Waals surface area contributed by atoms with Crippen molar-refractivity contribution in [3.8, 4) is 22.8 Å². The van der Waals surface area contributed by atoms with E-state index in [1.807, 2.05) is 81.4 Å². The van der Waals surface area contributed by atoms with E-state index in [0.29, 0.717) is 33.0 Å². The lowest BCUT2D eigenvalue weighted by molar-refractivity contribution is -0.143. The van der Waals surface area contributed by atoms with Gasteiger partial charge in [0, 0.05) is 35.4 Å². The van der Waals surface area contributed by atoms with Gasteiger partial charge in [-0.3, -0.25) is 19.1 Å². The van der Waals surface area contributed by atoms with E-state index in [4.69, 9.17) is 19.2 Å². The Labute approximate surface area is 367 Å². The molecule has 330 valence electrons. The molecule has 1 saturated carbocycles. The van der Waals surface area contributed by atoms with E-state index in [2.05, 4.69) is 42.7 Å². The van der Waals surface area contributed by atoms with Gasteiger partial charge in [-0.05, 0) is 67.9 Å². The van der Waals surface area contributed by atoms with Crippen molar-refractivity contribution >= 4 is 45.7 Å². The van der Waals surface area contributed by atoms with Gasteiger partial charge in [-0.1, -0.05) is 90.1 Å². The van der Waals surface area contributed by atoms with Crippen LogP contribution in [0.5, 0.6) is 11.5 Å². The molecule has 13 nitrogen and oxygen atoms in total.